The molecule has 34 heavy (non-hydrogen) atoms. The molecule has 1 unspecified atom stereocenters. The van der Waals surface area contributed by atoms with Gasteiger partial charge in [-0.25, -0.2) is 4.98 Å². The van der Waals surface area contributed by atoms with Crippen LogP contribution >= 0.6 is 11.6 Å². The number of fused-ring (bicyclic) bond motifs is 1. The van der Waals surface area contributed by atoms with Gasteiger partial charge in [0.15, 0.2) is 0 Å². The van der Waals surface area contributed by atoms with Crippen LogP contribution in [0.3, 0.4) is 0 Å². The number of aliphatic hydroxyl groups excluding tert-OH is 1. The number of carboxylic acid groups (broad SMARTS) is 1. The number of halogens is 1. The van der Waals surface area contributed by atoms with E-state index >= 15 is 0 Å². The van der Waals surface area contributed by atoms with Crippen LogP contribution in [0.15, 0.2) is 53.2 Å². The molecule has 2 aromatic rings. The molecule has 0 aliphatic carbocycles. The molecule has 1 aromatic carbocycles. The first-order valence-corrected chi connectivity index (χ1v) is 11.4. The molecule has 1 amide bonds. The molecule has 0 saturated carbocycles. The van der Waals surface area contributed by atoms with Crippen molar-refractivity contribution < 1.29 is 19.8 Å². The van der Waals surface area contributed by atoms with Crippen LogP contribution < -0.4 is 16.4 Å². The highest BCUT2D eigenvalue weighted by Gasteiger charge is 2.22. The number of hydrogen-bond donors (Lipinski definition) is 5. The van der Waals surface area contributed by atoms with Crippen LogP contribution in [0.25, 0.3) is 0 Å². The van der Waals surface area contributed by atoms with E-state index in [0.29, 0.717) is 23.6 Å². The van der Waals surface area contributed by atoms with E-state index < -0.39 is 24.5 Å². The minimum absolute atomic E-state index is 0.0278. The van der Waals surface area contributed by atoms with Crippen LogP contribution in [0.1, 0.15) is 35.7 Å². The van der Waals surface area contributed by atoms with E-state index in [0.717, 1.165) is 37.1 Å². The Balaban J connectivity index is 1.69. The van der Waals surface area contributed by atoms with Gasteiger partial charge in [-0.2, -0.15) is 0 Å². The number of pyridine rings is 1. The summed E-state index contributed by atoms with van der Waals surface area (Å²) in [7, 11) is 0. The zero-order valence-corrected chi connectivity index (χ0v) is 19.4. The largest absolute Gasteiger partial charge is 0.481 e. The number of aromatic nitrogens is 1. The van der Waals surface area contributed by atoms with Gasteiger partial charge in [-0.05, 0) is 42.2 Å². The number of amides is 1. The summed E-state index contributed by atoms with van der Waals surface area (Å²) in [6.45, 7) is 0.684. The average Bonchev–Trinajstić information content (AvgIpc) is 2.82. The number of aliphatic hydroxyl groups is 1. The average molecular weight is 486 g/mol. The van der Waals surface area contributed by atoms with Gasteiger partial charge in [0, 0.05) is 36.4 Å². The zero-order valence-electron chi connectivity index (χ0n) is 18.6. The Kier molecular flexibility index (Phi) is 9.00. The minimum atomic E-state index is -1.09. The van der Waals surface area contributed by atoms with Gasteiger partial charge in [-0.1, -0.05) is 29.8 Å². The molecule has 0 fully saturated rings. The van der Waals surface area contributed by atoms with Gasteiger partial charge >= 0.3 is 5.97 Å². The fourth-order valence-electron chi connectivity index (χ4n) is 3.72. The van der Waals surface area contributed by atoms with Crippen molar-refractivity contribution in [2.24, 2.45) is 10.7 Å². The van der Waals surface area contributed by atoms with Crippen molar-refractivity contribution in [1.29, 1.82) is 0 Å². The molecular formula is C24H28ClN5O4. The second kappa shape index (κ2) is 12.2. The van der Waals surface area contributed by atoms with Crippen LogP contribution in [0.2, 0.25) is 5.02 Å². The molecule has 0 spiro atoms. The Morgan fingerprint density at radius 2 is 2.15 bits per heavy atom. The van der Waals surface area contributed by atoms with Crippen LogP contribution in [0.5, 0.6) is 0 Å². The molecule has 10 heteroatoms. The fraction of sp³-hybridized carbons (Fsp3) is 0.333. The number of aliphatic imine (C=N–C) groups is 1. The van der Waals surface area contributed by atoms with Crippen LogP contribution in [-0.4, -0.2) is 52.5 Å². The van der Waals surface area contributed by atoms with Crippen molar-refractivity contribution in [3.05, 3.63) is 70.0 Å². The van der Waals surface area contributed by atoms with Gasteiger partial charge in [0.1, 0.15) is 5.82 Å². The maximum Gasteiger partial charge on any atom is 0.305 e. The predicted molar refractivity (Wildman–Crippen MR) is 131 cm³/mol. The third-order valence-electron chi connectivity index (χ3n) is 5.43. The number of aryl methyl sites for hydroxylation is 1. The van der Waals surface area contributed by atoms with Gasteiger partial charge in [-0.3, -0.25) is 14.6 Å². The lowest BCUT2D eigenvalue weighted by Crippen LogP contribution is -2.34. The number of nitrogens with two attached hydrogens (primary N) is 1. The number of nitrogens with one attached hydrogen (secondary N) is 2. The van der Waals surface area contributed by atoms with Crippen LogP contribution in [0.4, 0.5) is 5.82 Å². The molecule has 1 aliphatic rings. The van der Waals surface area contributed by atoms with E-state index in [9.17, 15) is 19.8 Å². The van der Waals surface area contributed by atoms with Crippen molar-refractivity contribution >= 4 is 35.0 Å². The summed E-state index contributed by atoms with van der Waals surface area (Å²) in [5, 5.41) is 25.5. The molecule has 9 nitrogen and oxygen atoms in total. The summed E-state index contributed by atoms with van der Waals surface area (Å²) in [5.74, 6) is -0.841. The monoisotopic (exact) mass is 485 g/mol. The van der Waals surface area contributed by atoms with Gasteiger partial charge < -0.3 is 26.6 Å². The molecular weight excluding hydrogens is 458 g/mol. The van der Waals surface area contributed by atoms with Gasteiger partial charge in [0.05, 0.1) is 30.4 Å². The third-order valence-corrected chi connectivity index (χ3v) is 5.66. The van der Waals surface area contributed by atoms with Gasteiger partial charge in [0.2, 0.25) is 0 Å². The number of carbonyl (C=O) groups is 2. The molecule has 1 atom stereocenters. The summed E-state index contributed by atoms with van der Waals surface area (Å²) in [6.07, 6.45) is 3.30. The summed E-state index contributed by atoms with van der Waals surface area (Å²) >= 11 is 6.02. The number of carboxylic acids is 1. The Labute approximate surface area is 202 Å². The van der Waals surface area contributed by atoms with Crippen molar-refractivity contribution in [1.82, 2.24) is 10.3 Å². The standard InChI is InChI=1S/C24H28ClN5O4/c25-17-5-1-3-16(11-17)20(12-22(32)33)30-24(34)19(13-26)21(14-31)27-10-8-18-7-6-15-4-2-9-28-23(15)29-18/h1,3,5-7,11,13,20,31H,2,4,8-10,12,14,26H2,(H,28,29)(H,30,34)(H,32,33). The van der Waals surface area contributed by atoms with Gasteiger partial charge in [-0.15, -0.1) is 0 Å². The number of rotatable bonds is 10. The Hall–Kier alpha value is -3.43. The predicted octanol–water partition coefficient (Wildman–Crippen LogP) is 2.24. The highest BCUT2D eigenvalue weighted by atomic mass is 35.5. The van der Waals surface area contributed by atoms with Crippen molar-refractivity contribution in [2.75, 3.05) is 25.0 Å². The van der Waals surface area contributed by atoms with Crippen molar-refractivity contribution in [2.45, 2.75) is 31.7 Å². The zero-order chi connectivity index (χ0) is 24.5. The molecule has 1 aromatic heterocycles. The topological polar surface area (TPSA) is 150 Å². The molecule has 1 aliphatic heterocycles. The molecule has 0 bridgehead atoms. The third kappa shape index (κ3) is 6.79. The molecule has 0 radical (unpaired) electrons. The summed E-state index contributed by atoms with van der Waals surface area (Å²) in [6, 6.07) is 9.75. The van der Waals surface area contributed by atoms with E-state index in [2.05, 4.69) is 26.7 Å². The highest BCUT2D eigenvalue weighted by molar-refractivity contribution is 6.30. The number of benzene rings is 1. The number of aliphatic carboxylic acids is 1. The quantitative estimate of drug-likeness (QED) is 0.256. The van der Waals surface area contributed by atoms with Crippen LogP contribution in [-0.2, 0) is 22.4 Å². The summed E-state index contributed by atoms with van der Waals surface area (Å²) in [4.78, 5) is 33.2. The lowest BCUT2D eigenvalue weighted by molar-refractivity contribution is -0.137. The maximum atomic E-state index is 12.9. The van der Waals surface area contributed by atoms with E-state index in [1.807, 2.05) is 6.07 Å². The lowest BCUT2D eigenvalue weighted by atomic mass is 10.0. The van der Waals surface area contributed by atoms with Crippen LogP contribution in [0, 0.1) is 0 Å². The first kappa shape index (κ1) is 25.2. The molecule has 2 heterocycles. The highest BCUT2D eigenvalue weighted by Crippen LogP contribution is 2.22. The number of anilines is 1. The van der Waals surface area contributed by atoms with Crippen molar-refractivity contribution in [3.63, 3.8) is 0 Å². The normalized spacial score (nSPS) is 14.6. The number of hydrogen-bond acceptors (Lipinski definition) is 7. The Morgan fingerprint density at radius 1 is 1.32 bits per heavy atom. The smallest absolute Gasteiger partial charge is 0.305 e. The summed E-state index contributed by atoms with van der Waals surface area (Å²) in [5.41, 5.74) is 8.33. The Bertz CT molecular complexity index is 1100. The number of nitrogens with zero attached hydrogens (tertiary/aromatic N) is 2. The molecule has 180 valence electrons. The van der Waals surface area contributed by atoms with E-state index in [-0.39, 0.29) is 17.7 Å². The van der Waals surface area contributed by atoms with Gasteiger partial charge in [0.25, 0.3) is 5.91 Å². The van der Waals surface area contributed by atoms with Crippen molar-refractivity contribution in [3.8, 4) is 0 Å². The Morgan fingerprint density at radius 3 is 2.85 bits per heavy atom. The first-order valence-electron chi connectivity index (χ1n) is 11.0. The SMILES string of the molecule is NC=C(C(=O)NC(CC(=O)O)c1cccc(Cl)c1)C(CO)=NCCc1ccc2c(n1)NCCC2. The maximum absolute atomic E-state index is 12.9. The molecule has 6 N–H and O–H groups in total. The fourth-order valence-corrected chi connectivity index (χ4v) is 3.92. The molecule has 0 saturated heterocycles. The van der Waals surface area contributed by atoms with E-state index in [1.165, 1.54) is 5.56 Å². The lowest BCUT2D eigenvalue weighted by Gasteiger charge is -2.19. The summed E-state index contributed by atoms with van der Waals surface area (Å²) < 4.78 is 0. The second-order valence-corrected chi connectivity index (χ2v) is 8.27. The first-order chi connectivity index (χ1) is 16.4. The van der Waals surface area contributed by atoms with E-state index in [1.54, 1.807) is 24.3 Å². The second-order valence-electron chi connectivity index (χ2n) is 7.84. The minimum Gasteiger partial charge on any atom is -0.481 e. The molecule has 3 rings (SSSR count). The number of carbonyl (C=O) groups excluding carboxylic acids is 1. The van der Waals surface area contributed by atoms with E-state index in [4.69, 9.17) is 17.3 Å².